The summed E-state index contributed by atoms with van der Waals surface area (Å²) in [6.07, 6.45) is 9.11. The van der Waals surface area contributed by atoms with Crippen LogP contribution in [0.4, 0.5) is 0 Å². The zero-order chi connectivity index (χ0) is 25.4. The zero-order valence-electron chi connectivity index (χ0n) is 23.5. The van der Waals surface area contributed by atoms with Crippen LogP contribution in [0.25, 0.3) is 0 Å². The lowest BCUT2D eigenvalue weighted by Crippen LogP contribution is -2.45. The van der Waals surface area contributed by atoms with E-state index in [1.54, 1.807) is 0 Å². The molecule has 0 spiro atoms. The van der Waals surface area contributed by atoms with Crippen molar-refractivity contribution in [2.45, 2.75) is 155 Å². The van der Waals surface area contributed by atoms with E-state index in [0.29, 0.717) is 6.42 Å². The first kappa shape index (κ1) is 32.0. The third kappa shape index (κ3) is 11.4. The Labute approximate surface area is 203 Å². The van der Waals surface area contributed by atoms with Crippen LogP contribution < -0.4 is 5.73 Å². The molecule has 0 aromatic heterocycles. The molecule has 0 fully saturated rings. The van der Waals surface area contributed by atoms with Crippen LogP contribution in [0.15, 0.2) is 12.2 Å². The van der Waals surface area contributed by atoms with Gasteiger partial charge in [0.15, 0.2) is 16.6 Å². The van der Waals surface area contributed by atoms with Gasteiger partial charge in [0.2, 0.25) is 0 Å². The molecule has 4 nitrogen and oxygen atoms in total. The molecule has 0 saturated heterocycles. The van der Waals surface area contributed by atoms with Gasteiger partial charge in [-0.25, -0.2) is 0 Å². The summed E-state index contributed by atoms with van der Waals surface area (Å²) in [5.41, 5.74) is 6.46. The van der Waals surface area contributed by atoms with Gasteiger partial charge in [0, 0.05) is 24.7 Å². The molecule has 0 rings (SSSR count). The molecule has 3 N–H and O–H groups in total. The van der Waals surface area contributed by atoms with Gasteiger partial charge in [-0.05, 0) is 61.9 Å². The van der Waals surface area contributed by atoms with Gasteiger partial charge in [0.05, 0.1) is 6.10 Å². The van der Waals surface area contributed by atoms with Crippen molar-refractivity contribution in [1.29, 1.82) is 0 Å². The fourth-order valence-corrected chi connectivity index (χ4v) is 6.07. The molecule has 192 valence electrons. The highest BCUT2D eigenvalue weighted by atomic mass is 28.4. The number of aliphatic hydroxyl groups is 1. The molecule has 0 aromatic carbocycles. The Morgan fingerprint density at radius 1 is 0.844 bits per heavy atom. The summed E-state index contributed by atoms with van der Waals surface area (Å²) >= 11 is 0. The summed E-state index contributed by atoms with van der Waals surface area (Å²) in [7, 11) is -3.63. The first-order valence-electron chi connectivity index (χ1n) is 12.8. The molecule has 32 heavy (non-hydrogen) atoms. The third-order valence-corrected chi connectivity index (χ3v) is 16.5. The fourth-order valence-electron chi connectivity index (χ4n) is 3.22. The van der Waals surface area contributed by atoms with E-state index in [2.05, 4.69) is 81.6 Å². The van der Waals surface area contributed by atoms with Gasteiger partial charge in [0.1, 0.15) is 0 Å². The van der Waals surface area contributed by atoms with E-state index >= 15 is 0 Å². The van der Waals surface area contributed by atoms with Crippen molar-refractivity contribution in [3.8, 4) is 0 Å². The topological polar surface area (TPSA) is 64.7 Å². The van der Waals surface area contributed by atoms with E-state index in [0.717, 1.165) is 32.1 Å². The lowest BCUT2D eigenvalue weighted by molar-refractivity contribution is 0.107. The number of nitrogens with two attached hydrogens (primary N) is 1. The minimum absolute atomic E-state index is 0.0465. The molecule has 0 amide bonds. The van der Waals surface area contributed by atoms with Crippen LogP contribution in [-0.4, -0.2) is 46.1 Å². The predicted octanol–water partition coefficient (Wildman–Crippen LogP) is 7.39. The molecule has 0 aliphatic heterocycles. The molecule has 0 aromatic rings. The van der Waals surface area contributed by atoms with E-state index in [4.69, 9.17) is 14.6 Å². The summed E-state index contributed by atoms with van der Waals surface area (Å²) in [6, 6.07) is 0.0465. The minimum atomic E-state index is -1.83. The lowest BCUT2D eigenvalue weighted by Gasteiger charge is -2.40. The quantitative estimate of drug-likeness (QED) is 0.198. The molecule has 0 bridgehead atoms. The van der Waals surface area contributed by atoms with Crippen LogP contribution in [0, 0.1) is 0 Å². The van der Waals surface area contributed by atoms with Crippen molar-refractivity contribution >= 4 is 16.6 Å². The maximum Gasteiger partial charge on any atom is 0.192 e. The Kier molecular flexibility index (Phi) is 13.2. The van der Waals surface area contributed by atoms with E-state index in [1.165, 1.54) is 0 Å². The van der Waals surface area contributed by atoms with Crippen LogP contribution in [0.3, 0.4) is 0 Å². The van der Waals surface area contributed by atoms with E-state index in [9.17, 15) is 5.11 Å². The average molecular weight is 488 g/mol. The van der Waals surface area contributed by atoms with Gasteiger partial charge >= 0.3 is 0 Å². The normalized spacial score (nSPS) is 18.1. The Hall–Kier alpha value is 0.0138. The first-order valence-corrected chi connectivity index (χ1v) is 18.6. The Balaban J connectivity index is 4.78. The average Bonchev–Trinajstić information content (AvgIpc) is 2.58. The van der Waals surface area contributed by atoms with Gasteiger partial charge in [-0.1, -0.05) is 74.0 Å². The molecular formula is C26H57NO3Si2. The summed E-state index contributed by atoms with van der Waals surface area (Å²) in [4.78, 5) is 0. The Bertz CT molecular complexity index is 550. The van der Waals surface area contributed by atoms with Gasteiger partial charge in [0.25, 0.3) is 0 Å². The number of aliphatic hydroxyl groups excluding tert-OH is 1. The maximum absolute atomic E-state index is 10.6. The minimum Gasteiger partial charge on any atom is -0.414 e. The van der Waals surface area contributed by atoms with Crippen molar-refractivity contribution < 1.29 is 14.0 Å². The summed E-state index contributed by atoms with van der Waals surface area (Å²) in [6.45, 7) is 27.1. The molecule has 0 aliphatic rings. The predicted molar refractivity (Wildman–Crippen MR) is 146 cm³/mol. The fraction of sp³-hybridized carbons (Fsp3) is 0.923. The maximum atomic E-state index is 10.6. The largest absolute Gasteiger partial charge is 0.414 e. The monoisotopic (exact) mass is 487 g/mol. The van der Waals surface area contributed by atoms with Crippen molar-refractivity contribution in [1.82, 2.24) is 0 Å². The van der Waals surface area contributed by atoms with Gasteiger partial charge in [-0.3, -0.25) is 0 Å². The molecule has 0 unspecified atom stereocenters. The van der Waals surface area contributed by atoms with Crippen molar-refractivity contribution in [2.75, 3.05) is 0 Å². The van der Waals surface area contributed by atoms with Crippen LogP contribution in [0.1, 0.15) is 93.9 Å². The molecular weight excluding hydrogens is 430 g/mol. The number of hydrogen-bond acceptors (Lipinski definition) is 4. The SMILES string of the molecule is CCC[C@H](C[C@@H](N)C/C=C\[C@@H](O)C[C@@H](CC)O[Si](C)(C)C(C)(C)C)O[Si](C)(C)C(C)(C)C. The molecule has 4 atom stereocenters. The smallest absolute Gasteiger partial charge is 0.192 e. The van der Waals surface area contributed by atoms with Crippen molar-refractivity contribution in [3.63, 3.8) is 0 Å². The van der Waals surface area contributed by atoms with Gasteiger partial charge < -0.3 is 19.7 Å². The third-order valence-electron chi connectivity index (χ3n) is 7.47. The highest BCUT2D eigenvalue weighted by Crippen LogP contribution is 2.39. The molecule has 0 radical (unpaired) electrons. The second-order valence-electron chi connectivity index (χ2n) is 12.7. The van der Waals surface area contributed by atoms with Crippen LogP contribution >= 0.6 is 0 Å². The Morgan fingerprint density at radius 3 is 1.72 bits per heavy atom. The number of hydrogen-bond donors (Lipinski definition) is 2. The van der Waals surface area contributed by atoms with Gasteiger partial charge in [-0.15, -0.1) is 0 Å². The highest BCUT2D eigenvalue weighted by Gasteiger charge is 2.40. The summed E-state index contributed by atoms with van der Waals surface area (Å²) in [5.74, 6) is 0. The van der Waals surface area contributed by atoms with Crippen molar-refractivity contribution in [2.24, 2.45) is 5.73 Å². The second kappa shape index (κ2) is 13.2. The van der Waals surface area contributed by atoms with Crippen molar-refractivity contribution in [3.05, 3.63) is 12.2 Å². The zero-order valence-corrected chi connectivity index (χ0v) is 25.5. The lowest BCUT2D eigenvalue weighted by atomic mass is 10.0. The number of rotatable bonds is 14. The first-order chi connectivity index (χ1) is 14.4. The van der Waals surface area contributed by atoms with Crippen LogP contribution in [0.2, 0.25) is 36.3 Å². The highest BCUT2D eigenvalue weighted by molar-refractivity contribution is 6.74. The summed E-state index contributed by atoms with van der Waals surface area (Å²) < 4.78 is 13.2. The molecule has 0 heterocycles. The van der Waals surface area contributed by atoms with Crippen LogP contribution in [-0.2, 0) is 8.85 Å². The van der Waals surface area contributed by atoms with Gasteiger partial charge in [-0.2, -0.15) is 0 Å². The second-order valence-corrected chi connectivity index (χ2v) is 22.2. The molecule has 0 aliphatic carbocycles. The molecule has 0 saturated carbocycles. The molecule has 6 heteroatoms. The van der Waals surface area contributed by atoms with E-state index < -0.39 is 22.7 Å². The van der Waals surface area contributed by atoms with Crippen LogP contribution in [0.5, 0.6) is 0 Å². The van der Waals surface area contributed by atoms with E-state index in [1.807, 2.05) is 12.2 Å². The van der Waals surface area contributed by atoms with E-state index in [-0.39, 0.29) is 28.3 Å². The standard InChI is InChI=1S/C26H57NO3Si2/c1-13-16-24(30-32(11,12)26(6,7)8)19-21(27)17-15-18-22(28)20-23(14-2)29-31(9,10)25(3,4)5/h15,18,21-24,28H,13-14,16-17,19-20,27H2,1-12H3/b18-15-/t21-,22+,23+,24+/m0/s1. The Morgan fingerprint density at radius 2 is 1.31 bits per heavy atom. The summed E-state index contributed by atoms with van der Waals surface area (Å²) in [5, 5.41) is 10.9.